The molecule has 2 aromatic rings. The van der Waals surface area contributed by atoms with Crippen LogP contribution in [0.4, 0.5) is 0 Å². The van der Waals surface area contributed by atoms with E-state index >= 15 is 0 Å². The molecule has 3 rings (SSSR count). The van der Waals surface area contributed by atoms with Gasteiger partial charge in [0.05, 0.1) is 0 Å². The summed E-state index contributed by atoms with van der Waals surface area (Å²) in [6.07, 6.45) is 0.927. The molecule has 14 heavy (non-hydrogen) atoms. The van der Waals surface area contributed by atoms with Gasteiger partial charge in [0, 0.05) is 20.7 Å². The molecule has 0 atom stereocenters. The second-order valence-electron chi connectivity index (χ2n) is 3.12. The second-order valence-corrected chi connectivity index (χ2v) is 5.33. The van der Waals surface area contributed by atoms with Crippen LogP contribution in [-0.2, 0) is 0 Å². The van der Waals surface area contributed by atoms with Crippen LogP contribution >= 0.6 is 21.6 Å². The first-order chi connectivity index (χ1) is 6.90. The van der Waals surface area contributed by atoms with Gasteiger partial charge in [-0.3, -0.25) is 4.79 Å². The predicted octanol–water partition coefficient (Wildman–Crippen LogP) is 3.77. The third kappa shape index (κ3) is 1.03. The van der Waals surface area contributed by atoms with Gasteiger partial charge in [0.2, 0.25) is 0 Å². The number of hydrogen-bond acceptors (Lipinski definition) is 3. The first-order valence-electron chi connectivity index (χ1n) is 4.25. The number of aldehydes is 1. The summed E-state index contributed by atoms with van der Waals surface area (Å²) in [6.45, 7) is 0. The monoisotopic (exact) mass is 218 g/mol. The molecule has 1 aliphatic rings. The van der Waals surface area contributed by atoms with Crippen molar-refractivity contribution in [2.45, 2.75) is 9.79 Å². The van der Waals surface area contributed by atoms with Gasteiger partial charge >= 0.3 is 0 Å². The molecular formula is C11H6OS2. The molecule has 1 nitrogen and oxygen atoms in total. The topological polar surface area (TPSA) is 17.1 Å². The Morgan fingerprint density at radius 3 is 2.57 bits per heavy atom. The molecule has 0 bridgehead atoms. The predicted molar refractivity (Wildman–Crippen MR) is 61.0 cm³/mol. The number of hydrogen-bond donors (Lipinski definition) is 0. The van der Waals surface area contributed by atoms with Crippen LogP contribution in [0.5, 0.6) is 0 Å². The summed E-state index contributed by atoms with van der Waals surface area (Å²) in [4.78, 5) is 13.4. The Morgan fingerprint density at radius 2 is 1.79 bits per heavy atom. The van der Waals surface area contributed by atoms with Crippen molar-refractivity contribution in [2.75, 3.05) is 0 Å². The molecule has 0 unspecified atom stereocenters. The van der Waals surface area contributed by atoms with E-state index in [4.69, 9.17) is 0 Å². The van der Waals surface area contributed by atoms with Gasteiger partial charge in [-0.1, -0.05) is 33.7 Å². The lowest BCUT2D eigenvalue weighted by molar-refractivity contribution is 0.112. The largest absolute Gasteiger partial charge is 0.298 e. The normalized spacial score (nSPS) is 13.4. The molecule has 3 heteroatoms. The zero-order valence-electron chi connectivity index (χ0n) is 7.19. The van der Waals surface area contributed by atoms with Crippen LogP contribution < -0.4 is 0 Å². The highest BCUT2D eigenvalue weighted by Crippen LogP contribution is 2.51. The first-order valence-corrected chi connectivity index (χ1v) is 6.40. The van der Waals surface area contributed by atoms with Crippen molar-refractivity contribution in [1.29, 1.82) is 0 Å². The molecule has 0 saturated carbocycles. The highest BCUT2D eigenvalue weighted by atomic mass is 33.1. The SMILES string of the molecule is O=Cc1ccc2c3c(cccc13)SS2. The number of carbonyl (C=O) groups is 1. The summed E-state index contributed by atoms with van der Waals surface area (Å²) in [7, 11) is 3.53. The number of benzene rings is 2. The van der Waals surface area contributed by atoms with E-state index in [-0.39, 0.29) is 0 Å². The molecule has 0 amide bonds. The van der Waals surface area contributed by atoms with Gasteiger partial charge in [0.1, 0.15) is 0 Å². The van der Waals surface area contributed by atoms with E-state index in [0.717, 1.165) is 17.2 Å². The molecular weight excluding hydrogens is 212 g/mol. The summed E-state index contributed by atoms with van der Waals surface area (Å²) in [5, 5.41) is 2.32. The molecule has 68 valence electrons. The molecule has 0 aliphatic carbocycles. The summed E-state index contributed by atoms with van der Waals surface area (Å²) in [5.41, 5.74) is 0.786. The van der Waals surface area contributed by atoms with E-state index in [1.54, 1.807) is 21.6 Å². The summed E-state index contributed by atoms with van der Waals surface area (Å²) in [5.74, 6) is 0. The smallest absolute Gasteiger partial charge is 0.150 e. The Labute approximate surface area is 89.3 Å². The fourth-order valence-electron chi connectivity index (χ4n) is 1.70. The van der Waals surface area contributed by atoms with Gasteiger partial charge in [-0.2, -0.15) is 0 Å². The third-order valence-corrected chi connectivity index (χ3v) is 4.80. The lowest BCUT2D eigenvalue weighted by atomic mass is 10.1. The van der Waals surface area contributed by atoms with Crippen molar-refractivity contribution in [3.05, 3.63) is 35.9 Å². The maximum Gasteiger partial charge on any atom is 0.150 e. The van der Waals surface area contributed by atoms with Crippen molar-refractivity contribution in [3.8, 4) is 0 Å². The molecule has 0 aromatic heterocycles. The second kappa shape index (κ2) is 3.04. The molecule has 1 aliphatic heterocycles. The standard InChI is InChI=1S/C11H6OS2/c12-6-7-4-5-10-11-8(7)2-1-3-9(11)13-14-10/h1-6H. The van der Waals surface area contributed by atoms with Crippen LogP contribution in [0.25, 0.3) is 10.8 Å². The van der Waals surface area contributed by atoms with Crippen LogP contribution in [0.3, 0.4) is 0 Å². The average Bonchev–Trinajstić information content (AvgIpc) is 2.65. The summed E-state index contributed by atoms with van der Waals surface area (Å²) in [6, 6.07) is 10.0. The van der Waals surface area contributed by atoms with Gasteiger partial charge in [0.25, 0.3) is 0 Å². The minimum atomic E-state index is 0.786. The highest BCUT2D eigenvalue weighted by Gasteiger charge is 2.16. The molecule has 2 aromatic carbocycles. The maximum absolute atomic E-state index is 10.8. The Balaban J connectivity index is 2.53. The third-order valence-electron chi connectivity index (χ3n) is 2.35. The van der Waals surface area contributed by atoms with Crippen LogP contribution in [-0.4, -0.2) is 6.29 Å². The van der Waals surface area contributed by atoms with E-state index in [1.165, 1.54) is 15.2 Å². The molecule has 0 saturated heterocycles. The Bertz CT molecular complexity index is 524. The summed E-state index contributed by atoms with van der Waals surface area (Å²) < 4.78 is 0. The van der Waals surface area contributed by atoms with Crippen molar-refractivity contribution < 1.29 is 4.79 Å². The quantitative estimate of drug-likeness (QED) is 0.536. The van der Waals surface area contributed by atoms with Gasteiger partial charge < -0.3 is 0 Å². The van der Waals surface area contributed by atoms with Crippen LogP contribution in [0.15, 0.2) is 40.1 Å². The maximum atomic E-state index is 10.8. The first kappa shape index (κ1) is 8.38. The van der Waals surface area contributed by atoms with Crippen molar-refractivity contribution in [3.63, 3.8) is 0 Å². The van der Waals surface area contributed by atoms with Crippen LogP contribution in [0.2, 0.25) is 0 Å². The molecule has 1 heterocycles. The fourth-order valence-corrected chi connectivity index (χ4v) is 4.18. The van der Waals surface area contributed by atoms with Gasteiger partial charge in [0.15, 0.2) is 6.29 Å². The van der Waals surface area contributed by atoms with E-state index < -0.39 is 0 Å². The lowest BCUT2D eigenvalue weighted by Gasteiger charge is -2.01. The molecule has 0 radical (unpaired) electrons. The Kier molecular flexibility index (Phi) is 1.82. The number of carbonyl (C=O) groups excluding carboxylic acids is 1. The number of rotatable bonds is 1. The van der Waals surface area contributed by atoms with E-state index in [0.29, 0.717) is 0 Å². The van der Waals surface area contributed by atoms with Crippen molar-refractivity contribution >= 4 is 38.6 Å². The summed E-state index contributed by atoms with van der Waals surface area (Å²) >= 11 is 0. The fraction of sp³-hybridized carbons (Fsp3) is 0. The minimum absolute atomic E-state index is 0.786. The van der Waals surface area contributed by atoms with E-state index in [1.807, 2.05) is 24.3 Å². The molecule has 0 fully saturated rings. The average molecular weight is 218 g/mol. The van der Waals surface area contributed by atoms with Crippen molar-refractivity contribution in [1.82, 2.24) is 0 Å². The van der Waals surface area contributed by atoms with Gasteiger partial charge in [-0.15, -0.1) is 0 Å². The zero-order chi connectivity index (χ0) is 9.54. The Morgan fingerprint density at radius 1 is 1.00 bits per heavy atom. The van der Waals surface area contributed by atoms with E-state index in [2.05, 4.69) is 6.07 Å². The van der Waals surface area contributed by atoms with E-state index in [9.17, 15) is 4.79 Å². The van der Waals surface area contributed by atoms with Gasteiger partial charge in [-0.05, 0) is 23.6 Å². The highest BCUT2D eigenvalue weighted by molar-refractivity contribution is 8.77. The lowest BCUT2D eigenvalue weighted by Crippen LogP contribution is -1.83. The Hall–Kier alpha value is -0.930. The molecule has 0 N–H and O–H groups in total. The molecule has 0 spiro atoms. The van der Waals surface area contributed by atoms with Crippen molar-refractivity contribution in [2.24, 2.45) is 0 Å². The van der Waals surface area contributed by atoms with Crippen LogP contribution in [0, 0.1) is 0 Å². The van der Waals surface area contributed by atoms with Crippen LogP contribution in [0.1, 0.15) is 10.4 Å². The zero-order valence-corrected chi connectivity index (χ0v) is 8.82. The minimum Gasteiger partial charge on any atom is -0.298 e. The van der Waals surface area contributed by atoms with Gasteiger partial charge in [-0.25, -0.2) is 0 Å².